The normalized spacial score (nSPS) is 11.2. The number of aromatic nitrogens is 4. The van der Waals surface area contributed by atoms with E-state index < -0.39 is 0 Å². The molecule has 0 saturated carbocycles. The van der Waals surface area contributed by atoms with E-state index in [1.54, 1.807) is 23.0 Å². The average molecular weight is 447 g/mol. The second-order valence-corrected chi connectivity index (χ2v) is 8.54. The summed E-state index contributed by atoms with van der Waals surface area (Å²) in [6.45, 7) is 9.77. The molecule has 0 radical (unpaired) electrons. The molecule has 178 valence electrons. The SMILES string of the molecule is CCCCn1c(C)cc(=O)n(CCCCCCn2c(=O)cc(C)n(CCCC)c2=O)c1=O. The van der Waals surface area contributed by atoms with Gasteiger partial charge in [0.2, 0.25) is 0 Å². The van der Waals surface area contributed by atoms with Crippen molar-refractivity contribution in [1.82, 2.24) is 18.3 Å². The van der Waals surface area contributed by atoms with E-state index in [-0.39, 0.29) is 22.5 Å². The van der Waals surface area contributed by atoms with Gasteiger partial charge in [0.15, 0.2) is 0 Å². The summed E-state index contributed by atoms with van der Waals surface area (Å²) in [5.41, 5.74) is 0.443. The lowest BCUT2D eigenvalue weighted by Crippen LogP contribution is -2.40. The van der Waals surface area contributed by atoms with E-state index in [2.05, 4.69) is 13.8 Å². The highest BCUT2D eigenvalue weighted by Gasteiger charge is 2.10. The van der Waals surface area contributed by atoms with Crippen LogP contribution in [0.15, 0.2) is 31.3 Å². The van der Waals surface area contributed by atoms with Crippen molar-refractivity contribution in [2.45, 2.75) is 105 Å². The number of unbranched alkanes of at least 4 members (excludes halogenated alkanes) is 5. The molecule has 0 atom stereocenters. The van der Waals surface area contributed by atoms with E-state index in [0.29, 0.717) is 50.4 Å². The molecule has 0 saturated heterocycles. The second-order valence-electron chi connectivity index (χ2n) is 8.54. The first kappa shape index (κ1) is 25.6. The summed E-state index contributed by atoms with van der Waals surface area (Å²) in [6.07, 6.45) is 6.82. The van der Waals surface area contributed by atoms with Crippen molar-refractivity contribution < 1.29 is 0 Å². The predicted molar refractivity (Wildman–Crippen MR) is 128 cm³/mol. The summed E-state index contributed by atoms with van der Waals surface area (Å²) in [6, 6.07) is 3.06. The Labute approximate surface area is 189 Å². The highest BCUT2D eigenvalue weighted by Crippen LogP contribution is 2.03. The van der Waals surface area contributed by atoms with Gasteiger partial charge >= 0.3 is 11.4 Å². The highest BCUT2D eigenvalue weighted by atomic mass is 16.2. The first-order valence-corrected chi connectivity index (χ1v) is 11.9. The molecule has 0 unspecified atom stereocenters. The summed E-state index contributed by atoms with van der Waals surface area (Å²) in [5, 5.41) is 0. The fourth-order valence-corrected chi connectivity index (χ4v) is 3.93. The Hall–Kier alpha value is -2.64. The number of hydrogen-bond donors (Lipinski definition) is 0. The quantitative estimate of drug-likeness (QED) is 0.443. The molecule has 8 heteroatoms. The Kier molecular flexibility index (Phi) is 9.94. The van der Waals surface area contributed by atoms with E-state index in [0.717, 1.165) is 38.5 Å². The zero-order valence-electron chi connectivity index (χ0n) is 20.1. The summed E-state index contributed by atoms with van der Waals surface area (Å²) in [7, 11) is 0. The Morgan fingerprint density at radius 2 is 0.875 bits per heavy atom. The van der Waals surface area contributed by atoms with Crippen molar-refractivity contribution >= 4 is 0 Å². The lowest BCUT2D eigenvalue weighted by Gasteiger charge is -2.13. The zero-order chi connectivity index (χ0) is 23.7. The molecule has 2 aromatic rings. The summed E-state index contributed by atoms with van der Waals surface area (Å²) >= 11 is 0. The van der Waals surface area contributed by atoms with Crippen LogP contribution < -0.4 is 22.5 Å². The van der Waals surface area contributed by atoms with Gasteiger partial charge in [0.25, 0.3) is 11.1 Å². The Morgan fingerprint density at radius 3 is 1.22 bits per heavy atom. The molecule has 0 fully saturated rings. The van der Waals surface area contributed by atoms with Gasteiger partial charge in [0, 0.05) is 49.7 Å². The molecule has 2 rings (SSSR count). The molecule has 0 aromatic carbocycles. The third-order valence-corrected chi connectivity index (χ3v) is 5.96. The summed E-state index contributed by atoms with van der Waals surface area (Å²) in [5.74, 6) is 0. The molecular weight excluding hydrogens is 408 g/mol. The van der Waals surface area contributed by atoms with Crippen LogP contribution >= 0.6 is 0 Å². The molecule has 2 aromatic heterocycles. The third kappa shape index (κ3) is 6.43. The van der Waals surface area contributed by atoms with E-state index in [1.807, 2.05) is 0 Å². The monoisotopic (exact) mass is 446 g/mol. The topological polar surface area (TPSA) is 88.0 Å². The van der Waals surface area contributed by atoms with E-state index in [4.69, 9.17) is 0 Å². The molecule has 0 N–H and O–H groups in total. The number of nitrogens with zero attached hydrogens (tertiary/aromatic N) is 4. The lowest BCUT2D eigenvalue weighted by molar-refractivity contribution is 0.473. The van der Waals surface area contributed by atoms with Crippen LogP contribution in [0.4, 0.5) is 0 Å². The van der Waals surface area contributed by atoms with Crippen molar-refractivity contribution in [3.05, 3.63) is 65.2 Å². The first-order valence-electron chi connectivity index (χ1n) is 11.9. The van der Waals surface area contributed by atoms with Gasteiger partial charge in [-0.3, -0.25) is 27.9 Å². The fraction of sp³-hybridized carbons (Fsp3) is 0.667. The van der Waals surface area contributed by atoms with Gasteiger partial charge in [-0.15, -0.1) is 0 Å². The van der Waals surface area contributed by atoms with Crippen LogP contribution in [0.5, 0.6) is 0 Å². The fourth-order valence-electron chi connectivity index (χ4n) is 3.93. The Morgan fingerprint density at radius 1 is 0.531 bits per heavy atom. The number of hydrogen-bond acceptors (Lipinski definition) is 4. The Balaban J connectivity index is 1.93. The van der Waals surface area contributed by atoms with Crippen molar-refractivity contribution in [3.8, 4) is 0 Å². The Bertz CT molecular complexity index is 1030. The lowest BCUT2D eigenvalue weighted by atomic mass is 10.2. The van der Waals surface area contributed by atoms with Crippen molar-refractivity contribution in [3.63, 3.8) is 0 Å². The maximum Gasteiger partial charge on any atom is 0.331 e. The molecule has 0 amide bonds. The van der Waals surface area contributed by atoms with E-state index >= 15 is 0 Å². The van der Waals surface area contributed by atoms with Crippen molar-refractivity contribution in [2.24, 2.45) is 0 Å². The van der Waals surface area contributed by atoms with Gasteiger partial charge in [-0.25, -0.2) is 9.59 Å². The van der Waals surface area contributed by atoms with Crippen LogP contribution in [-0.4, -0.2) is 18.3 Å². The largest absolute Gasteiger partial charge is 0.331 e. The maximum absolute atomic E-state index is 12.7. The minimum absolute atomic E-state index is 0.234. The molecule has 0 aliphatic heterocycles. The standard InChI is InChI=1S/C24H38N4O4/c1-5-7-13-25-19(3)17-21(29)27(23(25)31)15-11-9-10-12-16-28-22(30)18-20(4)26(24(28)32)14-8-6-2/h17-18H,5-16H2,1-4H3. The van der Waals surface area contributed by atoms with Crippen LogP contribution in [0.2, 0.25) is 0 Å². The first-order chi connectivity index (χ1) is 15.3. The van der Waals surface area contributed by atoms with Gasteiger partial charge in [-0.2, -0.15) is 0 Å². The average Bonchev–Trinajstić information content (AvgIpc) is 2.74. The summed E-state index contributed by atoms with van der Waals surface area (Å²) in [4.78, 5) is 49.9. The molecular formula is C24H38N4O4. The molecule has 0 aliphatic rings. The maximum atomic E-state index is 12.7. The van der Waals surface area contributed by atoms with Crippen LogP contribution in [0, 0.1) is 13.8 Å². The molecule has 2 heterocycles. The summed E-state index contributed by atoms with van der Waals surface area (Å²) < 4.78 is 6.00. The molecule has 0 aliphatic carbocycles. The predicted octanol–water partition coefficient (Wildman–Crippen LogP) is 2.81. The minimum atomic E-state index is -0.251. The number of aryl methyl sites for hydroxylation is 2. The van der Waals surface area contributed by atoms with Crippen LogP contribution in [0.1, 0.15) is 76.6 Å². The van der Waals surface area contributed by atoms with Gasteiger partial charge in [-0.1, -0.05) is 39.5 Å². The minimum Gasteiger partial charge on any atom is -0.298 e. The molecule has 0 spiro atoms. The molecule has 0 bridgehead atoms. The number of rotatable bonds is 13. The van der Waals surface area contributed by atoms with Crippen molar-refractivity contribution in [2.75, 3.05) is 0 Å². The van der Waals surface area contributed by atoms with Crippen LogP contribution in [0.25, 0.3) is 0 Å². The zero-order valence-corrected chi connectivity index (χ0v) is 20.1. The second kappa shape index (κ2) is 12.4. The van der Waals surface area contributed by atoms with Gasteiger partial charge in [-0.05, 0) is 39.5 Å². The van der Waals surface area contributed by atoms with Crippen LogP contribution in [-0.2, 0) is 26.2 Å². The van der Waals surface area contributed by atoms with Gasteiger partial charge < -0.3 is 0 Å². The van der Waals surface area contributed by atoms with Crippen LogP contribution in [0.3, 0.4) is 0 Å². The molecule has 32 heavy (non-hydrogen) atoms. The van der Waals surface area contributed by atoms with E-state index in [9.17, 15) is 19.2 Å². The smallest absolute Gasteiger partial charge is 0.298 e. The van der Waals surface area contributed by atoms with Gasteiger partial charge in [0.05, 0.1) is 0 Å². The molecule has 8 nitrogen and oxygen atoms in total. The van der Waals surface area contributed by atoms with Gasteiger partial charge in [0.1, 0.15) is 0 Å². The van der Waals surface area contributed by atoms with Crippen molar-refractivity contribution in [1.29, 1.82) is 0 Å². The third-order valence-electron chi connectivity index (χ3n) is 5.96. The van der Waals surface area contributed by atoms with E-state index in [1.165, 1.54) is 21.3 Å². The highest BCUT2D eigenvalue weighted by molar-refractivity contribution is 5.01.